The summed E-state index contributed by atoms with van der Waals surface area (Å²) in [7, 11) is 0. The lowest BCUT2D eigenvalue weighted by Gasteiger charge is -2.01. The van der Waals surface area contributed by atoms with E-state index in [1.807, 2.05) is 6.08 Å². The average molecular weight is 238 g/mol. The molecule has 90 valence electrons. The number of hydrogen-bond acceptors (Lipinski definition) is 4. The van der Waals surface area contributed by atoms with E-state index in [-0.39, 0.29) is 0 Å². The third-order valence-electron chi connectivity index (χ3n) is 2.38. The molecular weight excluding hydrogens is 224 g/mol. The molecule has 0 aromatic carbocycles. The van der Waals surface area contributed by atoms with Gasteiger partial charge >= 0.3 is 0 Å². The highest BCUT2D eigenvalue weighted by molar-refractivity contribution is 5.51. The Kier molecular flexibility index (Phi) is 3.91. The van der Waals surface area contributed by atoms with E-state index in [0.29, 0.717) is 12.2 Å². The second kappa shape index (κ2) is 5.82. The lowest BCUT2D eigenvalue weighted by molar-refractivity contribution is 0.984. The van der Waals surface area contributed by atoms with Gasteiger partial charge in [-0.05, 0) is 12.0 Å². The van der Waals surface area contributed by atoms with Crippen molar-refractivity contribution in [2.75, 3.05) is 0 Å². The minimum absolute atomic E-state index is 0.632. The van der Waals surface area contributed by atoms with Crippen molar-refractivity contribution in [2.24, 2.45) is 0 Å². The molecule has 0 fully saturated rings. The van der Waals surface area contributed by atoms with Gasteiger partial charge < -0.3 is 0 Å². The van der Waals surface area contributed by atoms with Crippen LogP contribution in [0.1, 0.15) is 11.4 Å². The van der Waals surface area contributed by atoms with Crippen LogP contribution in [0.3, 0.4) is 0 Å². The lowest BCUT2D eigenvalue weighted by Crippen LogP contribution is -1.96. The van der Waals surface area contributed by atoms with Gasteiger partial charge in [-0.1, -0.05) is 12.2 Å². The maximum Gasteiger partial charge on any atom is 0.162 e. The molecule has 0 radical (unpaired) electrons. The largest absolute Gasteiger partial charge is 0.240 e. The topological polar surface area (TPSA) is 51.6 Å². The van der Waals surface area contributed by atoms with Crippen LogP contribution >= 0.6 is 0 Å². The fourth-order valence-corrected chi connectivity index (χ4v) is 1.48. The van der Waals surface area contributed by atoms with Crippen LogP contribution in [0, 0.1) is 0 Å². The zero-order valence-corrected chi connectivity index (χ0v) is 10.1. The summed E-state index contributed by atoms with van der Waals surface area (Å²) in [6.07, 6.45) is 12.1. The maximum atomic E-state index is 4.28. The summed E-state index contributed by atoms with van der Waals surface area (Å²) >= 11 is 0. The number of allylic oxidation sites excluding steroid dienone is 2. The molecule has 4 heteroatoms. The molecule has 0 unspecified atom stereocenters. The van der Waals surface area contributed by atoms with Gasteiger partial charge in [0, 0.05) is 31.2 Å². The van der Waals surface area contributed by atoms with E-state index in [1.54, 1.807) is 30.9 Å². The van der Waals surface area contributed by atoms with E-state index in [9.17, 15) is 0 Å². The van der Waals surface area contributed by atoms with Crippen molar-refractivity contribution >= 4 is 0 Å². The molecule has 0 aliphatic carbocycles. The Morgan fingerprint density at radius 2 is 1.44 bits per heavy atom. The van der Waals surface area contributed by atoms with Gasteiger partial charge in [0.1, 0.15) is 5.82 Å². The normalized spacial score (nSPS) is 10.0. The fourth-order valence-electron chi connectivity index (χ4n) is 1.48. The number of rotatable bonds is 5. The molecular formula is C14H14N4. The van der Waals surface area contributed by atoms with Gasteiger partial charge in [0.25, 0.3) is 0 Å². The quantitative estimate of drug-likeness (QED) is 0.750. The summed E-state index contributed by atoms with van der Waals surface area (Å²) in [5.41, 5.74) is 1.85. The Balaban J connectivity index is 2.19. The number of nitrogens with zero attached hydrogens (tertiary/aromatic N) is 4. The molecule has 2 heterocycles. The molecule has 0 atom stereocenters. The van der Waals surface area contributed by atoms with E-state index < -0.39 is 0 Å². The van der Waals surface area contributed by atoms with E-state index >= 15 is 0 Å². The van der Waals surface area contributed by atoms with Crippen molar-refractivity contribution in [2.45, 2.75) is 12.8 Å². The van der Waals surface area contributed by atoms with E-state index in [1.165, 1.54) is 0 Å². The first-order chi connectivity index (χ1) is 8.83. The Hall–Kier alpha value is -2.36. The molecule has 4 nitrogen and oxygen atoms in total. The molecule has 0 amide bonds. The molecule has 0 bridgehead atoms. The standard InChI is InChI=1S/C14H14N4/c1-3-5-11-7-17-14(18-8-11)12-9-15-13(6-4-2)16-10-12/h3-4,7-10H,1-2,5-6H2. The van der Waals surface area contributed by atoms with E-state index in [4.69, 9.17) is 0 Å². The Morgan fingerprint density at radius 1 is 0.833 bits per heavy atom. The first-order valence-corrected chi connectivity index (χ1v) is 5.67. The molecule has 2 rings (SSSR count). The smallest absolute Gasteiger partial charge is 0.162 e. The first kappa shape index (κ1) is 12.1. The van der Waals surface area contributed by atoms with Gasteiger partial charge in [-0.3, -0.25) is 0 Å². The highest BCUT2D eigenvalue weighted by Crippen LogP contribution is 2.12. The van der Waals surface area contributed by atoms with Gasteiger partial charge in [-0.15, -0.1) is 13.2 Å². The van der Waals surface area contributed by atoms with Crippen LogP contribution < -0.4 is 0 Å². The van der Waals surface area contributed by atoms with Crippen molar-refractivity contribution in [1.82, 2.24) is 19.9 Å². The van der Waals surface area contributed by atoms with Gasteiger partial charge in [0.2, 0.25) is 0 Å². The second-order valence-corrected chi connectivity index (χ2v) is 3.79. The van der Waals surface area contributed by atoms with Crippen LogP contribution in [-0.4, -0.2) is 19.9 Å². The zero-order chi connectivity index (χ0) is 12.8. The third kappa shape index (κ3) is 2.85. The van der Waals surface area contributed by atoms with Crippen LogP contribution in [0.4, 0.5) is 0 Å². The van der Waals surface area contributed by atoms with Crippen LogP contribution in [-0.2, 0) is 12.8 Å². The number of hydrogen-bond donors (Lipinski definition) is 0. The minimum Gasteiger partial charge on any atom is -0.240 e. The monoisotopic (exact) mass is 238 g/mol. The van der Waals surface area contributed by atoms with Gasteiger partial charge in [0.05, 0.1) is 5.56 Å². The Morgan fingerprint density at radius 3 is 2.00 bits per heavy atom. The molecule has 0 N–H and O–H groups in total. The van der Waals surface area contributed by atoms with Gasteiger partial charge in [-0.2, -0.15) is 0 Å². The summed E-state index contributed by atoms with van der Waals surface area (Å²) in [5.74, 6) is 1.38. The predicted molar refractivity (Wildman–Crippen MR) is 70.9 cm³/mol. The summed E-state index contributed by atoms with van der Waals surface area (Å²) in [4.78, 5) is 17.0. The molecule has 0 aliphatic heterocycles. The van der Waals surface area contributed by atoms with Crippen LogP contribution in [0.2, 0.25) is 0 Å². The second-order valence-electron chi connectivity index (χ2n) is 3.79. The highest BCUT2D eigenvalue weighted by Gasteiger charge is 2.02. The fraction of sp³-hybridized carbons (Fsp3) is 0.143. The molecule has 0 saturated carbocycles. The minimum atomic E-state index is 0.632. The zero-order valence-electron chi connectivity index (χ0n) is 10.1. The average Bonchev–Trinajstić information content (AvgIpc) is 2.41. The molecule has 2 aromatic heterocycles. The molecule has 0 aliphatic rings. The van der Waals surface area contributed by atoms with Crippen molar-refractivity contribution in [1.29, 1.82) is 0 Å². The third-order valence-corrected chi connectivity index (χ3v) is 2.38. The van der Waals surface area contributed by atoms with Crippen molar-refractivity contribution in [3.05, 3.63) is 61.5 Å². The number of aromatic nitrogens is 4. The first-order valence-electron chi connectivity index (χ1n) is 5.67. The maximum absolute atomic E-state index is 4.28. The Labute approximate surface area is 106 Å². The molecule has 0 spiro atoms. The molecule has 2 aromatic rings. The van der Waals surface area contributed by atoms with Crippen molar-refractivity contribution in [3.8, 4) is 11.4 Å². The molecule has 0 saturated heterocycles. The van der Waals surface area contributed by atoms with Crippen molar-refractivity contribution < 1.29 is 0 Å². The van der Waals surface area contributed by atoms with Crippen LogP contribution in [0.25, 0.3) is 11.4 Å². The van der Waals surface area contributed by atoms with Crippen LogP contribution in [0.15, 0.2) is 50.1 Å². The molecule has 18 heavy (non-hydrogen) atoms. The SMILES string of the molecule is C=CCc1cnc(-c2cnc(CC=C)nc2)nc1. The summed E-state index contributed by atoms with van der Waals surface area (Å²) in [6, 6.07) is 0. The van der Waals surface area contributed by atoms with Gasteiger partial charge in [0.15, 0.2) is 5.82 Å². The lowest BCUT2D eigenvalue weighted by atomic mass is 10.2. The Bertz CT molecular complexity index is 477. The summed E-state index contributed by atoms with van der Waals surface area (Å²) in [6.45, 7) is 7.33. The highest BCUT2D eigenvalue weighted by atomic mass is 14.9. The van der Waals surface area contributed by atoms with E-state index in [2.05, 4.69) is 33.1 Å². The predicted octanol–water partition coefficient (Wildman–Crippen LogP) is 2.39. The summed E-state index contributed by atoms with van der Waals surface area (Å²) < 4.78 is 0. The van der Waals surface area contributed by atoms with Gasteiger partial charge in [-0.25, -0.2) is 19.9 Å². The summed E-state index contributed by atoms with van der Waals surface area (Å²) in [5, 5.41) is 0. The van der Waals surface area contributed by atoms with Crippen molar-refractivity contribution in [3.63, 3.8) is 0 Å². The van der Waals surface area contributed by atoms with E-state index in [0.717, 1.165) is 23.4 Å². The van der Waals surface area contributed by atoms with Crippen LogP contribution in [0.5, 0.6) is 0 Å².